The summed E-state index contributed by atoms with van der Waals surface area (Å²) < 4.78 is 32.7. The molecule has 9 heteroatoms. The van der Waals surface area contributed by atoms with Crippen LogP contribution in [0.25, 0.3) is 0 Å². The molecule has 2 aromatic rings. The van der Waals surface area contributed by atoms with Crippen LogP contribution in [0, 0.1) is 0 Å². The van der Waals surface area contributed by atoms with E-state index in [4.69, 9.17) is 28.4 Å². The van der Waals surface area contributed by atoms with Gasteiger partial charge in [0.05, 0.1) is 5.56 Å². The molecule has 1 saturated carbocycles. The summed E-state index contributed by atoms with van der Waals surface area (Å²) in [5.41, 5.74) is 0.331. The maximum Gasteiger partial charge on any atom is 0.514 e. The van der Waals surface area contributed by atoms with E-state index in [2.05, 4.69) is 0 Å². The monoisotopic (exact) mass is 414 g/mol. The molecule has 3 heterocycles. The fraction of sp³-hybridized carbons (Fsp3) is 0.333. The Morgan fingerprint density at radius 2 is 1.33 bits per heavy atom. The zero-order chi connectivity index (χ0) is 20.7. The van der Waals surface area contributed by atoms with E-state index in [1.54, 1.807) is 60.7 Å². The molecule has 4 fully saturated rings. The lowest BCUT2D eigenvalue weighted by Gasteiger charge is -2.56. The van der Waals surface area contributed by atoms with Crippen molar-refractivity contribution in [3.05, 3.63) is 66.2 Å². The highest BCUT2D eigenvalue weighted by molar-refractivity contribution is 5.89. The molecule has 0 radical (unpaired) electrons. The van der Waals surface area contributed by atoms with Gasteiger partial charge in [0.25, 0.3) is 6.48 Å². The summed E-state index contributed by atoms with van der Waals surface area (Å²) >= 11 is 0. The molecular weight excluding hydrogens is 396 g/mol. The molecule has 2 aromatic carbocycles. The summed E-state index contributed by atoms with van der Waals surface area (Å²) in [5.74, 6) is -0.317. The van der Waals surface area contributed by atoms with Crippen molar-refractivity contribution in [3.8, 4) is 5.75 Å². The predicted molar refractivity (Wildman–Crippen MR) is 97.4 cm³/mol. The van der Waals surface area contributed by atoms with E-state index < -0.39 is 55.2 Å². The maximum atomic E-state index is 12.5. The van der Waals surface area contributed by atoms with Gasteiger partial charge in [-0.15, -0.1) is 0 Å². The molecule has 9 nitrogen and oxygen atoms in total. The Balaban J connectivity index is 1.33. The third-order valence-electron chi connectivity index (χ3n) is 5.20. The van der Waals surface area contributed by atoms with Gasteiger partial charge in [-0.2, -0.15) is 0 Å². The van der Waals surface area contributed by atoms with Crippen LogP contribution in [0.5, 0.6) is 5.75 Å². The molecule has 0 spiro atoms. The number of ether oxygens (including phenoxy) is 6. The number of rotatable bonds is 4. The summed E-state index contributed by atoms with van der Waals surface area (Å²) in [7, 11) is 0. The minimum atomic E-state index is -1.19. The molecule has 3 aliphatic heterocycles. The number of aliphatic hydroxyl groups is 1. The molecular formula is C21H18O9. The number of benzene rings is 2. The highest BCUT2D eigenvalue weighted by Gasteiger charge is 2.64. The fourth-order valence-corrected chi connectivity index (χ4v) is 3.84. The molecule has 1 N–H and O–H groups in total. The molecule has 0 amide bonds. The minimum Gasteiger partial charge on any atom is -0.453 e. The van der Waals surface area contributed by atoms with Crippen molar-refractivity contribution < 1.29 is 43.1 Å². The molecule has 1 unspecified atom stereocenters. The van der Waals surface area contributed by atoms with Crippen LogP contribution in [0.2, 0.25) is 0 Å². The summed E-state index contributed by atoms with van der Waals surface area (Å²) in [6.45, 7) is -1.04. The Labute approximate surface area is 171 Å². The van der Waals surface area contributed by atoms with E-state index in [1.807, 2.05) is 0 Å². The second kappa shape index (κ2) is 7.69. The van der Waals surface area contributed by atoms with Crippen molar-refractivity contribution in [3.63, 3.8) is 0 Å². The topological polar surface area (TPSA) is 110 Å². The zero-order valence-electron chi connectivity index (χ0n) is 15.5. The summed E-state index contributed by atoms with van der Waals surface area (Å²) in [5, 5.41) is 10.6. The van der Waals surface area contributed by atoms with Gasteiger partial charge in [0.1, 0.15) is 30.2 Å². The highest BCUT2D eigenvalue weighted by atomic mass is 16.9. The van der Waals surface area contributed by atoms with Gasteiger partial charge in [-0.3, -0.25) is 0 Å². The van der Waals surface area contributed by atoms with Crippen molar-refractivity contribution in [2.75, 3.05) is 0 Å². The first kappa shape index (κ1) is 19.0. The SMILES string of the molecule is O=C(Oc1ccccc1)O[C@@H]1[C@H]2OC3O[C@@H]1[C@@H](O)[C@H](O3)[C@@H]2OC(=O)c1ccccc1. The third kappa shape index (κ3) is 3.41. The molecule has 1 aliphatic carbocycles. The second-order valence-electron chi connectivity index (χ2n) is 7.06. The average molecular weight is 414 g/mol. The normalized spacial score (nSPS) is 33.7. The maximum absolute atomic E-state index is 12.5. The number of esters is 1. The number of aliphatic hydroxyl groups excluding tert-OH is 1. The first-order valence-electron chi connectivity index (χ1n) is 9.44. The standard InChI is InChI=1S/C21H18O9/c22-13-14-16(26-19(23)11-7-3-1-4-8-11)18-17(15(13)29-21(28-14)30-18)27-20(24)25-12-9-5-2-6-10-12/h1-10,13-18,21-22H/t13-,14-,15+,16-,17-,18-,21?/m0/s1. The summed E-state index contributed by atoms with van der Waals surface area (Å²) in [4.78, 5) is 24.8. The van der Waals surface area contributed by atoms with Crippen LogP contribution in [-0.2, 0) is 23.7 Å². The Morgan fingerprint density at radius 3 is 2.00 bits per heavy atom. The van der Waals surface area contributed by atoms with Crippen LogP contribution in [0.15, 0.2) is 60.7 Å². The van der Waals surface area contributed by atoms with E-state index in [9.17, 15) is 14.7 Å². The van der Waals surface area contributed by atoms with Crippen molar-refractivity contribution >= 4 is 12.1 Å². The van der Waals surface area contributed by atoms with Gasteiger partial charge in [-0.05, 0) is 24.3 Å². The number of carbonyl (C=O) groups is 2. The van der Waals surface area contributed by atoms with Gasteiger partial charge >= 0.3 is 12.1 Å². The first-order chi connectivity index (χ1) is 14.6. The highest BCUT2D eigenvalue weighted by Crippen LogP contribution is 2.42. The van der Waals surface area contributed by atoms with Crippen LogP contribution in [0.1, 0.15) is 10.4 Å². The van der Waals surface area contributed by atoms with E-state index >= 15 is 0 Å². The van der Waals surface area contributed by atoms with E-state index in [-0.39, 0.29) is 0 Å². The van der Waals surface area contributed by atoms with Crippen LogP contribution in [-0.4, -0.2) is 60.3 Å². The Morgan fingerprint density at radius 1 is 0.767 bits per heavy atom. The summed E-state index contributed by atoms with van der Waals surface area (Å²) in [6, 6.07) is 16.8. The molecule has 0 aromatic heterocycles. The molecule has 3 saturated heterocycles. The van der Waals surface area contributed by atoms with Gasteiger partial charge in [0.15, 0.2) is 12.2 Å². The summed E-state index contributed by atoms with van der Waals surface area (Å²) in [6.07, 6.45) is -6.89. The van der Waals surface area contributed by atoms with Crippen LogP contribution < -0.4 is 4.74 Å². The number of para-hydroxylation sites is 1. The predicted octanol–water partition coefficient (Wildman–Crippen LogP) is 1.64. The van der Waals surface area contributed by atoms with E-state index in [1.165, 1.54) is 0 Å². The third-order valence-corrected chi connectivity index (χ3v) is 5.20. The van der Waals surface area contributed by atoms with Gasteiger partial charge in [-0.1, -0.05) is 36.4 Å². The lowest BCUT2D eigenvalue weighted by Crippen LogP contribution is -2.76. The van der Waals surface area contributed by atoms with Crippen molar-refractivity contribution in [2.45, 2.75) is 43.1 Å². The number of hydrogen-bond donors (Lipinski definition) is 1. The number of carbonyl (C=O) groups excluding carboxylic acids is 2. The largest absolute Gasteiger partial charge is 0.514 e. The first-order valence-corrected chi connectivity index (χ1v) is 9.44. The lowest BCUT2D eigenvalue weighted by atomic mass is 9.82. The average Bonchev–Trinajstić information content (AvgIpc) is 2.76. The number of hydrogen-bond acceptors (Lipinski definition) is 9. The minimum absolute atomic E-state index is 0.295. The van der Waals surface area contributed by atoms with Gasteiger partial charge < -0.3 is 33.5 Å². The quantitative estimate of drug-likeness (QED) is 0.590. The van der Waals surface area contributed by atoms with E-state index in [0.29, 0.717) is 11.3 Å². The smallest absolute Gasteiger partial charge is 0.453 e. The Kier molecular flexibility index (Phi) is 4.87. The molecule has 4 bridgehead atoms. The fourth-order valence-electron chi connectivity index (χ4n) is 3.84. The van der Waals surface area contributed by atoms with Gasteiger partial charge in [-0.25, -0.2) is 9.59 Å². The van der Waals surface area contributed by atoms with Gasteiger partial charge in [0.2, 0.25) is 0 Å². The van der Waals surface area contributed by atoms with Crippen LogP contribution in [0.3, 0.4) is 0 Å². The van der Waals surface area contributed by atoms with Crippen LogP contribution in [0.4, 0.5) is 4.79 Å². The van der Waals surface area contributed by atoms with Crippen LogP contribution >= 0.6 is 0 Å². The van der Waals surface area contributed by atoms with Crippen molar-refractivity contribution in [1.82, 2.24) is 0 Å². The Hall–Kier alpha value is -2.98. The van der Waals surface area contributed by atoms with E-state index in [0.717, 1.165) is 0 Å². The molecule has 6 rings (SSSR count). The molecule has 7 atom stereocenters. The molecule has 30 heavy (non-hydrogen) atoms. The molecule has 156 valence electrons. The van der Waals surface area contributed by atoms with Crippen molar-refractivity contribution in [1.29, 1.82) is 0 Å². The zero-order valence-corrected chi connectivity index (χ0v) is 15.5. The van der Waals surface area contributed by atoms with Gasteiger partial charge in [0, 0.05) is 0 Å². The van der Waals surface area contributed by atoms with Crippen molar-refractivity contribution in [2.24, 2.45) is 0 Å². The Bertz CT molecular complexity index is 919. The second-order valence-corrected chi connectivity index (χ2v) is 7.06. The lowest BCUT2D eigenvalue weighted by molar-refractivity contribution is -0.479. The molecule has 4 aliphatic rings.